The standard InChI is InChI=1S/C13H18F3NO/c1-9(2)6-17-7-10-3-4-12(11(14)5-10)18-8-13(15)16/h3-5,9,13,17H,6-8H2,1-2H3. The highest BCUT2D eigenvalue weighted by molar-refractivity contribution is 5.29. The Kier molecular flexibility index (Phi) is 5.98. The Morgan fingerprint density at radius 2 is 2.00 bits per heavy atom. The Morgan fingerprint density at radius 3 is 2.56 bits per heavy atom. The van der Waals surface area contributed by atoms with Gasteiger partial charge in [-0.05, 0) is 30.2 Å². The molecule has 2 nitrogen and oxygen atoms in total. The Balaban J connectivity index is 2.51. The predicted molar refractivity (Wildman–Crippen MR) is 64.4 cm³/mol. The molecule has 0 aliphatic rings. The van der Waals surface area contributed by atoms with Crippen molar-refractivity contribution in [3.05, 3.63) is 29.6 Å². The van der Waals surface area contributed by atoms with Crippen molar-refractivity contribution in [2.24, 2.45) is 5.92 Å². The Bertz CT molecular complexity index is 369. The van der Waals surface area contributed by atoms with Gasteiger partial charge >= 0.3 is 0 Å². The lowest BCUT2D eigenvalue weighted by Gasteiger charge is -2.10. The van der Waals surface area contributed by atoms with Crippen LogP contribution in [-0.4, -0.2) is 19.6 Å². The van der Waals surface area contributed by atoms with Crippen LogP contribution in [0.4, 0.5) is 13.2 Å². The summed E-state index contributed by atoms with van der Waals surface area (Å²) in [5.74, 6) is -0.231. The minimum absolute atomic E-state index is 0.136. The lowest BCUT2D eigenvalue weighted by molar-refractivity contribution is 0.0799. The average molecular weight is 261 g/mol. The van der Waals surface area contributed by atoms with Gasteiger partial charge in [-0.15, -0.1) is 0 Å². The Hall–Kier alpha value is -1.23. The van der Waals surface area contributed by atoms with E-state index in [0.29, 0.717) is 12.5 Å². The number of alkyl halides is 2. The molecule has 5 heteroatoms. The number of ether oxygens (including phenoxy) is 1. The van der Waals surface area contributed by atoms with Crippen LogP contribution < -0.4 is 10.1 Å². The third kappa shape index (κ3) is 5.40. The summed E-state index contributed by atoms with van der Waals surface area (Å²) in [7, 11) is 0. The smallest absolute Gasteiger partial charge is 0.272 e. The maximum Gasteiger partial charge on any atom is 0.272 e. The summed E-state index contributed by atoms with van der Waals surface area (Å²) in [5, 5.41) is 3.17. The van der Waals surface area contributed by atoms with Gasteiger partial charge in [-0.1, -0.05) is 19.9 Å². The van der Waals surface area contributed by atoms with Crippen molar-refractivity contribution in [3.8, 4) is 5.75 Å². The van der Waals surface area contributed by atoms with Crippen LogP contribution in [0.2, 0.25) is 0 Å². The van der Waals surface area contributed by atoms with Crippen LogP contribution in [0, 0.1) is 11.7 Å². The molecule has 1 rings (SSSR count). The highest BCUT2D eigenvalue weighted by atomic mass is 19.3. The van der Waals surface area contributed by atoms with E-state index in [0.717, 1.165) is 12.1 Å². The van der Waals surface area contributed by atoms with Crippen molar-refractivity contribution in [1.29, 1.82) is 0 Å². The lowest BCUT2D eigenvalue weighted by Crippen LogP contribution is -2.19. The molecule has 1 N–H and O–H groups in total. The van der Waals surface area contributed by atoms with Gasteiger partial charge < -0.3 is 10.1 Å². The van der Waals surface area contributed by atoms with Crippen LogP contribution in [0.15, 0.2) is 18.2 Å². The molecular formula is C13H18F3NO. The summed E-state index contributed by atoms with van der Waals surface area (Å²) in [6, 6.07) is 4.34. The number of benzene rings is 1. The van der Waals surface area contributed by atoms with Crippen LogP contribution in [0.5, 0.6) is 5.75 Å². The molecule has 0 atom stereocenters. The minimum atomic E-state index is -2.60. The maximum atomic E-state index is 13.5. The van der Waals surface area contributed by atoms with Gasteiger partial charge in [-0.25, -0.2) is 13.2 Å². The number of halogens is 3. The van der Waals surface area contributed by atoms with Crippen molar-refractivity contribution < 1.29 is 17.9 Å². The fourth-order valence-electron chi connectivity index (χ4n) is 1.43. The number of rotatable bonds is 7. The van der Waals surface area contributed by atoms with Crippen LogP contribution >= 0.6 is 0 Å². The molecule has 0 aliphatic carbocycles. The van der Waals surface area contributed by atoms with Crippen molar-refractivity contribution in [1.82, 2.24) is 5.32 Å². The van der Waals surface area contributed by atoms with E-state index in [2.05, 4.69) is 23.9 Å². The number of hydrogen-bond donors (Lipinski definition) is 1. The second kappa shape index (κ2) is 7.26. The van der Waals surface area contributed by atoms with E-state index in [1.165, 1.54) is 12.1 Å². The van der Waals surface area contributed by atoms with E-state index < -0.39 is 18.8 Å². The molecule has 0 unspecified atom stereocenters. The summed E-state index contributed by atoms with van der Waals surface area (Å²) in [5.41, 5.74) is 0.762. The summed E-state index contributed by atoms with van der Waals surface area (Å²) in [6.07, 6.45) is -2.60. The van der Waals surface area contributed by atoms with Crippen molar-refractivity contribution in [3.63, 3.8) is 0 Å². The Morgan fingerprint density at radius 1 is 1.28 bits per heavy atom. The predicted octanol–water partition coefficient (Wildman–Crippen LogP) is 3.22. The highest BCUT2D eigenvalue weighted by Gasteiger charge is 2.08. The molecule has 1 aromatic rings. The monoisotopic (exact) mass is 261 g/mol. The first kappa shape index (κ1) is 14.8. The van der Waals surface area contributed by atoms with Crippen LogP contribution in [0.1, 0.15) is 19.4 Å². The van der Waals surface area contributed by atoms with Gasteiger partial charge in [0, 0.05) is 6.54 Å². The number of nitrogens with one attached hydrogen (secondary N) is 1. The second-order valence-electron chi connectivity index (χ2n) is 4.49. The van der Waals surface area contributed by atoms with E-state index in [9.17, 15) is 13.2 Å². The molecule has 0 saturated carbocycles. The zero-order valence-electron chi connectivity index (χ0n) is 10.6. The van der Waals surface area contributed by atoms with Gasteiger partial charge in [-0.3, -0.25) is 0 Å². The first-order chi connectivity index (χ1) is 8.49. The van der Waals surface area contributed by atoms with E-state index in [4.69, 9.17) is 0 Å². The van der Waals surface area contributed by atoms with Crippen molar-refractivity contribution >= 4 is 0 Å². The molecule has 0 bridgehead atoms. The second-order valence-corrected chi connectivity index (χ2v) is 4.49. The SMILES string of the molecule is CC(C)CNCc1ccc(OCC(F)F)c(F)c1. The normalized spacial score (nSPS) is 11.3. The maximum absolute atomic E-state index is 13.5. The van der Waals surface area contributed by atoms with E-state index in [1.54, 1.807) is 6.07 Å². The summed E-state index contributed by atoms with van der Waals surface area (Å²) in [6.45, 7) is 4.75. The van der Waals surface area contributed by atoms with Crippen molar-refractivity contribution in [2.75, 3.05) is 13.2 Å². The van der Waals surface area contributed by atoms with E-state index >= 15 is 0 Å². The first-order valence-electron chi connectivity index (χ1n) is 5.89. The van der Waals surface area contributed by atoms with E-state index in [-0.39, 0.29) is 5.75 Å². The summed E-state index contributed by atoms with van der Waals surface area (Å²) >= 11 is 0. The van der Waals surface area contributed by atoms with Gasteiger partial charge in [0.25, 0.3) is 6.43 Å². The highest BCUT2D eigenvalue weighted by Crippen LogP contribution is 2.19. The molecule has 18 heavy (non-hydrogen) atoms. The van der Waals surface area contributed by atoms with Gasteiger partial charge in [0.15, 0.2) is 11.6 Å². The minimum Gasteiger partial charge on any atom is -0.485 e. The first-order valence-corrected chi connectivity index (χ1v) is 5.89. The Labute approximate surface area is 105 Å². The number of hydrogen-bond acceptors (Lipinski definition) is 2. The van der Waals surface area contributed by atoms with E-state index in [1.807, 2.05) is 0 Å². The van der Waals surface area contributed by atoms with Crippen molar-refractivity contribution in [2.45, 2.75) is 26.8 Å². The largest absolute Gasteiger partial charge is 0.485 e. The molecule has 0 spiro atoms. The zero-order valence-corrected chi connectivity index (χ0v) is 10.6. The lowest BCUT2D eigenvalue weighted by atomic mass is 10.2. The molecule has 102 valence electrons. The summed E-state index contributed by atoms with van der Waals surface area (Å²) in [4.78, 5) is 0. The average Bonchev–Trinajstić information content (AvgIpc) is 2.27. The fourth-order valence-corrected chi connectivity index (χ4v) is 1.43. The molecule has 1 aromatic carbocycles. The molecule has 0 radical (unpaired) electrons. The van der Waals surface area contributed by atoms with Gasteiger partial charge in [-0.2, -0.15) is 0 Å². The topological polar surface area (TPSA) is 21.3 Å². The molecule has 0 fully saturated rings. The third-order valence-corrected chi connectivity index (χ3v) is 2.24. The molecule has 0 aromatic heterocycles. The van der Waals surface area contributed by atoms with Gasteiger partial charge in [0.2, 0.25) is 0 Å². The molecule has 0 saturated heterocycles. The van der Waals surface area contributed by atoms with Gasteiger partial charge in [0.1, 0.15) is 6.61 Å². The van der Waals surface area contributed by atoms with Gasteiger partial charge in [0.05, 0.1) is 0 Å². The third-order valence-electron chi connectivity index (χ3n) is 2.24. The molecular weight excluding hydrogens is 243 g/mol. The van der Waals surface area contributed by atoms with Crippen LogP contribution in [-0.2, 0) is 6.54 Å². The molecule has 0 amide bonds. The van der Waals surface area contributed by atoms with Crippen LogP contribution in [0.25, 0.3) is 0 Å². The quantitative estimate of drug-likeness (QED) is 0.813. The molecule has 0 aliphatic heterocycles. The zero-order chi connectivity index (χ0) is 13.5. The van der Waals surface area contributed by atoms with Crippen LogP contribution in [0.3, 0.4) is 0 Å². The summed E-state index contributed by atoms with van der Waals surface area (Å²) < 4.78 is 42.0. The molecule has 0 heterocycles. The fraction of sp³-hybridized carbons (Fsp3) is 0.538.